The number of hydrogen-bond donors (Lipinski definition) is 1. The number of carbonyl (C=O) groups is 2. The van der Waals surface area contributed by atoms with Crippen molar-refractivity contribution in [3.05, 3.63) is 35.4 Å². The van der Waals surface area contributed by atoms with Crippen molar-refractivity contribution in [2.75, 3.05) is 4.90 Å². The predicted molar refractivity (Wildman–Crippen MR) is 77.9 cm³/mol. The number of anilines is 1. The van der Waals surface area contributed by atoms with E-state index in [4.69, 9.17) is 11.6 Å². The Kier molecular flexibility index (Phi) is 2.39. The van der Waals surface area contributed by atoms with Crippen molar-refractivity contribution in [2.45, 2.75) is 13.3 Å². The van der Waals surface area contributed by atoms with Gasteiger partial charge in [-0.1, -0.05) is 23.8 Å². The predicted octanol–water partition coefficient (Wildman–Crippen LogP) is 2.75. The number of phenols is 1. The van der Waals surface area contributed by atoms with E-state index in [-0.39, 0.29) is 41.0 Å². The number of halogens is 1. The third kappa shape index (κ3) is 1.41. The zero-order chi connectivity index (χ0) is 14.9. The number of carbonyl (C=O) groups excluding carboxylic acids is 2. The fourth-order valence-corrected chi connectivity index (χ4v) is 4.38. The number of phenolic OH excluding ortho intramolecular Hbond substituents is 1. The Balaban J connectivity index is 1.85. The van der Waals surface area contributed by atoms with Crippen LogP contribution >= 0.6 is 11.6 Å². The maximum atomic E-state index is 12.9. The van der Waals surface area contributed by atoms with Crippen molar-refractivity contribution in [3.8, 4) is 5.75 Å². The molecule has 1 N–H and O–H groups in total. The van der Waals surface area contributed by atoms with Gasteiger partial charge in [-0.3, -0.25) is 9.59 Å². The van der Waals surface area contributed by atoms with Crippen molar-refractivity contribution in [1.29, 1.82) is 0 Å². The Labute approximate surface area is 127 Å². The van der Waals surface area contributed by atoms with E-state index in [0.717, 1.165) is 11.3 Å². The summed E-state index contributed by atoms with van der Waals surface area (Å²) in [7, 11) is 0. The minimum absolute atomic E-state index is 0.107. The van der Waals surface area contributed by atoms with Crippen LogP contribution < -0.4 is 4.90 Å². The molecule has 0 spiro atoms. The van der Waals surface area contributed by atoms with Gasteiger partial charge in [0.25, 0.3) is 0 Å². The van der Waals surface area contributed by atoms with Crippen LogP contribution in [-0.2, 0) is 9.59 Å². The van der Waals surface area contributed by atoms with Crippen LogP contribution in [0.3, 0.4) is 0 Å². The van der Waals surface area contributed by atoms with Gasteiger partial charge in [0.15, 0.2) is 0 Å². The minimum Gasteiger partial charge on any atom is -0.506 e. The summed E-state index contributed by atoms with van der Waals surface area (Å²) in [6.45, 7) is 1.87. The van der Waals surface area contributed by atoms with Crippen molar-refractivity contribution < 1.29 is 14.7 Å². The number of benzene rings is 1. The number of allylic oxidation sites excluding steroid dienone is 2. The molecule has 4 nitrogen and oxygen atoms in total. The topological polar surface area (TPSA) is 57.6 Å². The van der Waals surface area contributed by atoms with E-state index in [2.05, 4.69) is 0 Å². The summed E-state index contributed by atoms with van der Waals surface area (Å²) in [5.41, 5.74) is -0.502. The van der Waals surface area contributed by atoms with Gasteiger partial charge in [0.1, 0.15) is 5.75 Å². The zero-order valence-corrected chi connectivity index (χ0v) is 12.2. The number of rotatable bonds is 1. The van der Waals surface area contributed by atoms with Gasteiger partial charge in [-0.15, -0.1) is 0 Å². The molecule has 1 heterocycles. The molecule has 2 fully saturated rings. The molecule has 0 unspecified atom stereocenters. The van der Waals surface area contributed by atoms with Gasteiger partial charge in [0.2, 0.25) is 11.8 Å². The van der Waals surface area contributed by atoms with Crippen LogP contribution in [0.4, 0.5) is 5.69 Å². The fraction of sp³-hybridized carbons (Fsp3) is 0.375. The monoisotopic (exact) mass is 303 g/mol. The average molecular weight is 304 g/mol. The maximum absolute atomic E-state index is 12.9. The van der Waals surface area contributed by atoms with Crippen molar-refractivity contribution >= 4 is 29.1 Å². The SMILES string of the molecule is C[C@@]12C(=O)N(c3cc(Cl)ccc3O)C(=O)[C@H]1[C@@H]1C=C[C@@H]2C1. The summed E-state index contributed by atoms with van der Waals surface area (Å²) >= 11 is 5.94. The number of aromatic hydroxyl groups is 1. The zero-order valence-electron chi connectivity index (χ0n) is 11.4. The minimum atomic E-state index is -0.689. The highest BCUT2D eigenvalue weighted by Crippen LogP contribution is 2.61. The second-order valence-electron chi connectivity index (χ2n) is 6.26. The summed E-state index contributed by atoms with van der Waals surface area (Å²) in [5.74, 6) is -0.648. The highest BCUT2D eigenvalue weighted by atomic mass is 35.5. The maximum Gasteiger partial charge on any atom is 0.241 e. The quantitative estimate of drug-likeness (QED) is 0.641. The van der Waals surface area contributed by atoms with Crippen LogP contribution in [0.2, 0.25) is 5.02 Å². The van der Waals surface area contributed by atoms with Crippen LogP contribution in [0, 0.1) is 23.2 Å². The highest BCUT2D eigenvalue weighted by Gasteiger charge is 2.67. The lowest BCUT2D eigenvalue weighted by atomic mass is 9.71. The molecule has 2 aliphatic carbocycles. The second-order valence-corrected chi connectivity index (χ2v) is 6.70. The van der Waals surface area contributed by atoms with Crippen molar-refractivity contribution in [2.24, 2.45) is 23.2 Å². The normalized spacial score (nSPS) is 36.7. The first-order chi connectivity index (χ1) is 9.94. The van der Waals surface area contributed by atoms with E-state index in [0.29, 0.717) is 5.02 Å². The Morgan fingerprint density at radius 1 is 1.33 bits per heavy atom. The number of nitrogens with zero attached hydrogens (tertiary/aromatic N) is 1. The van der Waals surface area contributed by atoms with Crippen LogP contribution in [0.15, 0.2) is 30.4 Å². The number of fused-ring (bicyclic) bond motifs is 5. The summed E-state index contributed by atoms with van der Waals surface area (Å²) in [5, 5.41) is 10.4. The first-order valence-electron chi connectivity index (χ1n) is 7.00. The van der Waals surface area contributed by atoms with E-state index in [1.165, 1.54) is 18.2 Å². The molecule has 1 aliphatic heterocycles. The van der Waals surface area contributed by atoms with Crippen LogP contribution in [-0.4, -0.2) is 16.9 Å². The van der Waals surface area contributed by atoms with E-state index in [1.807, 2.05) is 19.1 Å². The van der Waals surface area contributed by atoms with Gasteiger partial charge < -0.3 is 5.11 Å². The third-order valence-electron chi connectivity index (χ3n) is 5.29. The van der Waals surface area contributed by atoms with Gasteiger partial charge in [-0.05, 0) is 43.4 Å². The summed E-state index contributed by atoms with van der Waals surface area (Å²) in [6.07, 6.45) is 4.96. The van der Waals surface area contributed by atoms with Gasteiger partial charge in [-0.25, -0.2) is 4.90 Å². The first-order valence-corrected chi connectivity index (χ1v) is 7.37. The molecule has 4 rings (SSSR count). The number of imide groups is 1. The molecule has 2 bridgehead atoms. The largest absolute Gasteiger partial charge is 0.506 e. The van der Waals surface area contributed by atoms with Gasteiger partial charge in [-0.2, -0.15) is 0 Å². The fourth-order valence-electron chi connectivity index (χ4n) is 4.21. The first kappa shape index (κ1) is 12.9. The molecule has 2 amide bonds. The molecule has 0 radical (unpaired) electrons. The molecule has 0 aromatic heterocycles. The molecule has 3 aliphatic rings. The summed E-state index contributed by atoms with van der Waals surface area (Å²) in [4.78, 5) is 26.8. The molecule has 1 saturated carbocycles. The Bertz CT molecular complexity index is 713. The summed E-state index contributed by atoms with van der Waals surface area (Å²) < 4.78 is 0. The van der Waals surface area contributed by atoms with E-state index in [1.54, 1.807) is 0 Å². The third-order valence-corrected chi connectivity index (χ3v) is 5.52. The molecular weight excluding hydrogens is 290 g/mol. The van der Waals surface area contributed by atoms with Gasteiger partial charge in [0.05, 0.1) is 17.0 Å². The molecular formula is C16H14ClNO3. The van der Waals surface area contributed by atoms with E-state index in [9.17, 15) is 14.7 Å². The number of amides is 2. The Morgan fingerprint density at radius 2 is 2.10 bits per heavy atom. The molecule has 21 heavy (non-hydrogen) atoms. The molecule has 1 aromatic rings. The van der Waals surface area contributed by atoms with Gasteiger partial charge in [0, 0.05) is 5.02 Å². The summed E-state index contributed by atoms with van der Waals surface area (Å²) in [6, 6.07) is 4.40. The van der Waals surface area contributed by atoms with Crippen LogP contribution in [0.25, 0.3) is 0 Å². The van der Waals surface area contributed by atoms with Crippen LogP contribution in [0.5, 0.6) is 5.75 Å². The van der Waals surface area contributed by atoms with Crippen LogP contribution in [0.1, 0.15) is 13.3 Å². The Morgan fingerprint density at radius 3 is 2.81 bits per heavy atom. The molecule has 1 aromatic carbocycles. The van der Waals surface area contributed by atoms with Crippen molar-refractivity contribution in [1.82, 2.24) is 0 Å². The number of hydrogen-bond acceptors (Lipinski definition) is 3. The standard InChI is InChI=1S/C16H14ClNO3/c1-16-9-3-2-8(6-9)13(16)14(20)18(15(16)21)11-7-10(17)4-5-12(11)19/h2-5,7-9,13,19H,6H2,1H3/t8-,9-,13-,16+/m1/s1. The highest BCUT2D eigenvalue weighted by molar-refractivity contribution is 6.32. The second kappa shape index (κ2) is 3.89. The van der Waals surface area contributed by atoms with Gasteiger partial charge >= 0.3 is 0 Å². The lowest BCUT2D eigenvalue weighted by molar-refractivity contribution is -0.127. The molecule has 4 atom stereocenters. The molecule has 108 valence electrons. The average Bonchev–Trinajstić information content (AvgIpc) is 3.06. The molecule has 5 heteroatoms. The van der Waals surface area contributed by atoms with Crippen molar-refractivity contribution in [3.63, 3.8) is 0 Å². The van der Waals surface area contributed by atoms with E-state index >= 15 is 0 Å². The lowest BCUT2D eigenvalue weighted by Crippen LogP contribution is -2.37. The smallest absolute Gasteiger partial charge is 0.241 e. The van der Waals surface area contributed by atoms with E-state index < -0.39 is 5.41 Å². The molecule has 1 saturated heterocycles. The Hall–Kier alpha value is -1.81. The lowest BCUT2D eigenvalue weighted by Gasteiger charge is -2.28.